The van der Waals surface area contributed by atoms with E-state index in [1.807, 2.05) is 0 Å². The number of hydrogen-bond donors (Lipinski definition) is 2. The van der Waals surface area contributed by atoms with E-state index in [4.69, 9.17) is 0 Å². The minimum Gasteiger partial charge on any atom is -0.312 e. The van der Waals surface area contributed by atoms with E-state index in [0.29, 0.717) is 6.17 Å². The van der Waals surface area contributed by atoms with E-state index in [-0.39, 0.29) is 0 Å². The highest BCUT2D eigenvalue weighted by atomic mass is 15.2. The van der Waals surface area contributed by atoms with E-state index in [9.17, 15) is 0 Å². The lowest BCUT2D eigenvalue weighted by Gasteiger charge is -2.23. The molecule has 0 aliphatic carbocycles. The van der Waals surface area contributed by atoms with Crippen molar-refractivity contribution in [3.63, 3.8) is 0 Å². The summed E-state index contributed by atoms with van der Waals surface area (Å²) in [5.41, 5.74) is 0. The number of unbranched alkanes of at least 4 members (excludes halogenated alkanes) is 3. The smallest absolute Gasteiger partial charge is 0.0862 e. The van der Waals surface area contributed by atoms with E-state index >= 15 is 0 Å². The second-order valence-electron chi connectivity index (χ2n) is 3.64. The number of nitrogens with zero attached hydrogens (tertiary/aromatic N) is 1. The van der Waals surface area contributed by atoms with Crippen LogP contribution in [0.25, 0.3) is 0 Å². The van der Waals surface area contributed by atoms with Crippen LogP contribution in [0, 0.1) is 0 Å². The molecule has 1 radical (unpaired) electrons. The molecule has 1 unspecified atom stereocenters. The molecule has 0 bridgehead atoms. The summed E-state index contributed by atoms with van der Waals surface area (Å²) in [5, 5.41) is 11.3. The fourth-order valence-corrected chi connectivity index (χ4v) is 1.56. The van der Waals surface area contributed by atoms with E-state index in [1.54, 1.807) is 0 Å². The molecule has 2 N–H and O–H groups in total. The molecule has 0 aromatic carbocycles. The molecule has 1 aliphatic heterocycles. The van der Waals surface area contributed by atoms with E-state index in [2.05, 4.69) is 22.9 Å². The predicted octanol–water partition coefficient (Wildman–Crippen LogP) is 0.690. The second-order valence-corrected chi connectivity index (χ2v) is 3.64. The van der Waals surface area contributed by atoms with Crippen molar-refractivity contribution in [1.29, 1.82) is 0 Å². The molecular formula is C10H22N3. The van der Waals surface area contributed by atoms with Gasteiger partial charge in [0.25, 0.3) is 0 Å². The maximum absolute atomic E-state index is 4.47. The van der Waals surface area contributed by atoms with Crippen LogP contribution in [0.5, 0.6) is 0 Å². The Hall–Kier alpha value is -0.120. The Kier molecular flexibility index (Phi) is 6.15. The van der Waals surface area contributed by atoms with E-state index in [0.717, 1.165) is 26.2 Å². The van der Waals surface area contributed by atoms with Crippen LogP contribution >= 0.6 is 0 Å². The first kappa shape index (κ1) is 11.0. The van der Waals surface area contributed by atoms with Gasteiger partial charge in [-0.05, 0) is 13.0 Å². The Morgan fingerprint density at radius 2 is 2.31 bits per heavy atom. The zero-order valence-electron chi connectivity index (χ0n) is 8.68. The summed E-state index contributed by atoms with van der Waals surface area (Å²) in [4.78, 5) is 0. The fourth-order valence-electron chi connectivity index (χ4n) is 1.56. The van der Waals surface area contributed by atoms with Crippen molar-refractivity contribution in [2.24, 2.45) is 0 Å². The lowest BCUT2D eigenvalue weighted by atomic mass is 10.2. The van der Waals surface area contributed by atoms with Gasteiger partial charge in [0, 0.05) is 19.6 Å². The highest BCUT2D eigenvalue weighted by Gasteiger charge is 2.10. The van der Waals surface area contributed by atoms with Crippen LogP contribution in [-0.2, 0) is 0 Å². The van der Waals surface area contributed by atoms with Crippen LogP contribution in [0.4, 0.5) is 0 Å². The van der Waals surface area contributed by atoms with Gasteiger partial charge in [-0.1, -0.05) is 26.2 Å². The molecule has 1 atom stereocenters. The summed E-state index contributed by atoms with van der Waals surface area (Å²) in [7, 11) is 0. The summed E-state index contributed by atoms with van der Waals surface area (Å²) in [6.45, 7) is 6.39. The van der Waals surface area contributed by atoms with Gasteiger partial charge in [-0.25, -0.2) is 5.32 Å². The molecule has 1 saturated heterocycles. The minimum absolute atomic E-state index is 0.371. The third-order valence-corrected chi connectivity index (χ3v) is 2.39. The summed E-state index contributed by atoms with van der Waals surface area (Å²) in [6, 6.07) is 0. The van der Waals surface area contributed by atoms with Gasteiger partial charge in [-0.2, -0.15) is 0 Å². The summed E-state index contributed by atoms with van der Waals surface area (Å²) >= 11 is 0. The van der Waals surface area contributed by atoms with Crippen molar-refractivity contribution in [2.75, 3.05) is 26.2 Å². The number of rotatable bonds is 6. The third kappa shape index (κ3) is 5.24. The van der Waals surface area contributed by atoms with Gasteiger partial charge in [0.05, 0.1) is 6.17 Å². The van der Waals surface area contributed by atoms with Crippen molar-refractivity contribution in [2.45, 2.75) is 38.8 Å². The Labute approximate surface area is 81.7 Å². The molecule has 0 aromatic rings. The fraction of sp³-hybridized carbons (Fsp3) is 1.00. The molecule has 3 heteroatoms. The molecule has 0 aromatic heterocycles. The Morgan fingerprint density at radius 1 is 1.38 bits per heavy atom. The zero-order valence-corrected chi connectivity index (χ0v) is 8.68. The standard InChI is InChI=1S/C10H22N3/c1-2-3-4-5-6-12-10-9-11-7-8-13-10/h10-12H,2-9H2,1H3. The predicted molar refractivity (Wildman–Crippen MR) is 55.8 cm³/mol. The lowest BCUT2D eigenvalue weighted by Crippen LogP contribution is -2.51. The van der Waals surface area contributed by atoms with Gasteiger partial charge in [0.2, 0.25) is 0 Å². The number of piperazine rings is 1. The van der Waals surface area contributed by atoms with Gasteiger partial charge in [0.1, 0.15) is 0 Å². The Balaban J connectivity index is 1.86. The summed E-state index contributed by atoms with van der Waals surface area (Å²) < 4.78 is 0. The van der Waals surface area contributed by atoms with Gasteiger partial charge in [-0.3, -0.25) is 5.32 Å². The monoisotopic (exact) mass is 184 g/mol. The zero-order chi connectivity index (χ0) is 9.36. The molecule has 1 heterocycles. The molecule has 77 valence electrons. The SMILES string of the molecule is CCCCCCNC1CNCC[N]1. The lowest BCUT2D eigenvalue weighted by molar-refractivity contribution is 0.350. The van der Waals surface area contributed by atoms with Crippen LogP contribution in [0.3, 0.4) is 0 Å². The molecule has 1 fully saturated rings. The topological polar surface area (TPSA) is 38.2 Å². The molecule has 3 nitrogen and oxygen atoms in total. The molecule has 1 rings (SSSR count). The maximum Gasteiger partial charge on any atom is 0.0862 e. The van der Waals surface area contributed by atoms with E-state index < -0.39 is 0 Å². The third-order valence-electron chi connectivity index (χ3n) is 2.39. The van der Waals surface area contributed by atoms with Crippen LogP contribution in [0.2, 0.25) is 0 Å². The van der Waals surface area contributed by atoms with Crippen molar-refractivity contribution < 1.29 is 0 Å². The van der Waals surface area contributed by atoms with Crippen molar-refractivity contribution in [3.8, 4) is 0 Å². The van der Waals surface area contributed by atoms with Crippen LogP contribution in [0.1, 0.15) is 32.6 Å². The molecule has 0 amide bonds. The summed E-state index contributed by atoms with van der Waals surface area (Å²) in [5.74, 6) is 0. The van der Waals surface area contributed by atoms with Crippen molar-refractivity contribution in [3.05, 3.63) is 0 Å². The first-order chi connectivity index (χ1) is 6.43. The Morgan fingerprint density at radius 3 is 3.00 bits per heavy atom. The van der Waals surface area contributed by atoms with Gasteiger partial charge < -0.3 is 5.32 Å². The first-order valence-corrected chi connectivity index (χ1v) is 5.54. The largest absolute Gasteiger partial charge is 0.312 e. The number of hydrogen-bond acceptors (Lipinski definition) is 2. The summed E-state index contributed by atoms with van der Waals surface area (Å²) in [6.07, 6.45) is 5.69. The van der Waals surface area contributed by atoms with E-state index in [1.165, 1.54) is 25.7 Å². The van der Waals surface area contributed by atoms with Gasteiger partial charge >= 0.3 is 0 Å². The Bertz CT molecular complexity index is 111. The molecule has 0 spiro atoms. The molecule has 1 aliphatic rings. The molecular weight excluding hydrogens is 162 g/mol. The quantitative estimate of drug-likeness (QED) is 0.596. The highest BCUT2D eigenvalue weighted by Crippen LogP contribution is 1.97. The highest BCUT2D eigenvalue weighted by molar-refractivity contribution is 4.72. The van der Waals surface area contributed by atoms with Gasteiger partial charge in [0.15, 0.2) is 0 Å². The average Bonchev–Trinajstić information content (AvgIpc) is 2.19. The van der Waals surface area contributed by atoms with Crippen molar-refractivity contribution in [1.82, 2.24) is 16.0 Å². The maximum atomic E-state index is 4.47. The van der Waals surface area contributed by atoms with Crippen LogP contribution in [0.15, 0.2) is 0 Å². The van der Waals surface area contributed by atoms with Gasteiger partial charge in [-0.15, -0.1) is 0 Å². The number of nitrogens with one attached hydrogen (secondary N) is 2. The van der Waals surface area contributed by atoms with Crippen molar-refractivity contribution >= 4 is 0 Å². The normalized spacial score (nSPS) is 23.3. The second kappa shape index (κ2) is 7.30. The molecule has 13 heavy (non-hydrogen) atoms. The minimum atomic E-state index is 0.371. The average molecular weight is 184 g/mol. The van der Waals surface area contributed by atoms with Crippen LogP contribution in [-0.4, -0.2) is 32.3 Å². The molecule has 0 saturated carbocycles. The van der Waals surface area contributed by atoms with Crippen LogP contribution < -0.4 is 16.0 Å². The first-order valence-electron chi connectivity index (χ1n) is 5.54.